The predicted octanol–water partition coefficient (Wildman–Crippen LogP) is 3.57. The molecule has 10 heteroatoms. The van der Waals surface area contributed by atoms with Crippen molar-refractivity contribution in [2.45, 2.75) is 13.0 Å². The molecule has 1 aliphatic rings. The molecule has 0 radical (unpaired) electrons. The Balaban J connectivity index is 1.88. The molecule has 0 spiro atoms. The number of hydrogen-bond donors (Lipinski definition) is 2. The fourth-order valence-electron chi connectivity index (χ4n) is 3.79. The van der Waals surface area contributed by atoms with E-state index in [-0.39, 0.29) is 22.7 Å². The van der Waals surface area contributed by atoms with Crippen LogP contribution in [0.25, 0.3) is 5.76 Å². The Labute approximate surface area is 193 Å². The van der Waals surface area contributed by atoms with E-state index in [1.165, 1.54) is 48.5 Å². The van der Waals surface area contributed by atoms with Crippen LogP contribution in [0.15, 0.2) is 78.6 Å². The van der Waals surface area contributed by atoms with E-state index < -0.39 is 28.4 Å². The molecule has 2 amide bonds. The first kappa shape index (κ1) is 22.3. The lowest BCUT2D eigenvalue weighted by Crippen LogP contribution is -2.29. The van der Waals surface area contributed by atoms with Gasteiger partial charge in [-0.05, 0) is 48.0 Å². The molecule has 4 rings (SSSR count). The number of nitro groups is 1. The molecular weight excluding hydrogens is 440 g/mol. The largest absolute Gasteiger partial charge is 0.507 e. The zero-order chi connectivity index (χ0) is 24.4. The number of non-ortho nitro benzene ring substituents is 1. The molecule has 1 aromatic heterocycles. The third-order valence-electron chi connectivity index (χ3n) is 5.26. The Morgan fingerprint density at radius 1 is 1.09 bits per heavy atom. The van der Waals surface area contributed by atoms with Gasteiger partial charge in [0.2, 0.25) is 5.91 Å². The summed E-state index contributed by atoms with van der Waals surface area (Å²) in [5.74, 6) is -2.55. The van der Waals surface area contributed by atoms with Gasteiger partial charge in [0.05, 0.1) is 16.5 Å². The number of aliphatic hydroxyl groups is 1. The number of nitrogens with zero attached hydrogens (tertiary/aromatic N) is 3. The van der Waals surface area contributed by atoms with E-state index in [1.54, 1.807) is 36.4 Å². The summed E-state index contributed by atoms with van der Waals surface area (Å²) < 4.78 is 0. The van der Waals surface area contributed by atoms with E-state index in [0.717, 1.165) is 0 Å². The summed E-state index contributed by atoms with van der Waals surface area (Å²) >= 11 is 0. The molecule has 170 valence electrons. The van der Waals surface area contributed by atoms with E-state index in [9.17, 15) is 29.6 Å². The van der Waals surface area contributed by atoms with Crippen molar-refractivity contribution in [2.24, 2.45) is 0 Å². The first-order valence-electron chi connectivity index (χ1n) is 10.1. The van der Waals surface area contributed by atoms with Gasteiger partial charge in [0.25, 0.3) is 17.4 Å². The van der Waals surface area contributed by atoms with Crippen LogP contribution in [0.4, 0.5) is 17.1 Å². The molecule has 1 fully saturated rings. The molecule has 2 heterocycles. The maximum absolute atomic E-state index is 13.2. The quantitative estimate of drug-likeness (QED) is 0.196. The van der Waals surface area contributed by atoms with Gasteiger partial charge in [0.1, 0.15) is 5.76 Å². The lowest BCUT2D eigenvalue weighted by molar-refractivity contribution is -0.384. The molecule has 2 N–H and O–H groups in total. The van der Waals surface area contributed by atoms with Gasteiger partial charge in [-0.15, -0.1) is 0 Å². The van der Waals surface area contributed by atoms with Gasteiger partial charge in [-0.25, -0.2) is 0 Å². The smallest absolute Gasteiger partial charge is 0.300 e. The number of nitrogens with one attached hydrogen (secondary N) is 1. The Hall–Kier alpha value is -4.86. The predicted molar refractivity (Wildman–Crippen MR) is 123 cm³/mol. The normalized spacial score (nSPS) is 17.0. The second-order valence-corrected chi connectivity index (χ2v) is 7.49. The van der Waals surface area contributed by atoms with E-state index in [1.807, 2.05) is 0 Å². The maximum Gasteiger partial charge on any atom is 0.300 e. The second kappa shape index (κ2) is 8.94. The summed E-state index contributed by atoms with van der Waals surface area (Å²) in [5, 5.41) is 24.6. The highest BCUT2D eigenvalue weighted by Crippen LogP contribution is 2.42. The third kappa shape index (κ3) is 4.11. The minimum atomic E-state index is -0.995. The Morgan fingerprint density at radius 2 is 1.76 bits per heavy atom. The van der Waals surface area contributed by atoms with Crippen LogP contribution in [0.5, 0.6) is 0 Å². The van der Waals surface area contributed by atoms with E-state index in [2.05, 4.69) is 10.3 Å². The first-order valence-corrected chi connectivity index (χ1v) is 10.1. The van der Waals surface area contributed by atoms with Gasteiger partial charge in [0, 0.05) is 48.4 Å². The zero-order valence-corrected chi connectivity index (χ0v) is 17.8. The monoisotopic (exact) mass is 458 g/mol. The van der Waals surface area contributed by atoms with Crippen LogP contribution in [-0.4, -0.2) is 32.6 Å². The Kier molecular flexibility index (Phi) is 5.88. The van der Waals surface area contributed by atoms with Gasteiger partial charge in [0.15, 0.2) is 0 Å². The highest BCUT2D eigenvalue weighted by atomic mass is 16.6. The molecule has 34 heavy (non-hydrogen) atoms. The number of ketones is 1. The number of aromatic nitrogens is 1. The van der Waals surface area contributed by atoms with Crippen LogP contribution in [0.1, 0.15) is 24.1 Å². The molecule has 0 bridgehead atoms. The zero-order valence-electron chi connectivity index (χ0n) is 17.8. The number of anilines is 2. The minimum Gasteiger partial charge on any atom is -0.507 e. The number of hydrogen-bond acceptors (Lipinski definition) is 7. The number of amides is 2. The van der Waals surface area contributed by atoms with E-state index >= 15 is 0 Å². The molecule has 1 atom stereocenters. The Bertz CT molecular complexity index is 1340. The van der Waals surface area contributed by atoms with Crippen molar-refractivity contribution < 1.29 is 24.4 Å². The molecule has 2 aromatic carbocycles. The fourth-order valence-corrected chi connectivity index (χ4v) is 3.79. The van der Waals surface area contributed by atoms with Crippen LogP contribution in [0.2, 0.25) is 0 Å². The molecule has 3 aromatic rings. The van der Waals surface area contributed by atoms with Gasteiger partial charge < -0.3 is 10.4 Å². The summed E-state index contributed by atoms with van der Waals surface area (Å²) in [6, 6.07) is 13.7. The van der Waals surface area contributed by atoms with Gasteiger partial charge >= 0.3 is 0 Å². The number of Topliss-reactive ketones (excluding diaryl/α,β-unsaturated/α-hetero) is 1. The summed E-state index contributed by atoms with van der Waals surface area (Å²) in [7, 11) is 0. The van der Waals surface area contributed by atoms with Crippen LogP contribution >= 0.6 is 0 Å². The summed E-state index contributed by atoms with van der Waals surface area (Å²) in [4.78, 5) is 53.3. The van der Waals surface area contributed by atoms with Gasteiger partial charge in [-0.2, -0.15) is 0 Å². The van der Waals surface area contributed by atoms with Crippen molar-refractivity contribution >= 4 is 40.4 Å². The number of rotatable bonds is 5. The van der Waals surface area contributed by atoms with Crippen molar-refractivity contribution in [3.05, 3.63) is 99.9 Å². The van der Waals surface area contributed by atoms with Gasteiger partial charge in [-0.1, -0.05) is 6.07 Å². The SMILES string of the molecule is CC(=O)Nc1cccc(N2C(=O)C(=O)/C(=C(/O)c3ccc([N+](=O)[O-])cc3)C2c2ccncc2)c1. The first-order chi connectivity index (χ1) is 16.3. The van der Waals surface area contributed by atoms with Crippen LogP contribution in [-0.2, 0) is 14.4 Å². The highest BCUT2D eigenvalue weighted by Gasteiger charge is 2.47. The second-order valence-electron chi connectivity index (χ2n) is 7.49. The van der Waals surface area contributed by atoms with E-state index in [4.69, 9.17) is 0 Å². The number of nitro benzene ring substituents is 1. The van der Waals surface area contributed by atoms with Crippen molar-refractivity contribution in [2.75, 3.05) is 10.2 Å². The molecule has 1 unspecified atom stereocenters. The molecule has 0 aliphatic carbocycles. The molecular formula is C24H18N4O6. The lowest BCUT2D eigenvalue weighted by atomic mass is 9.95. The number of carbonyl (C=O) groups is 3. The molecule has 10 nitrogen and oxygen atoms in total. The van der Waals surface area contributed by atoms with Crippen molar-refractivity contribution in [1.82, 2.24) is 4.98 Å². The van der Waals surface area contributed by atoms with Crippen LogP contribution in [0, 0.1) is 10.1 Å². The maximum atomic E-state index is 13.2. The molecule has 1 aliphatic heterocycles. The Morgan fingerprint density at radius 3 is 2.38 bits per heavy atom. The fraction of sp³-hybridized carbons (Fsp3) is 0.0833. The number of carbonyl (C=O) groups excluding carboxylic acids is 3. The summed E-state index contributed by atoms with van der Waals surface area (Å²) in [5.41, 5.74) is 1.07. The highest BCUT2D eigenvalue weighted by molar-refractivity contribution is 6.51. The molecule has 0 saturated carbocycles. The number of pyridine rings is 1. The average Bonchev–Trinajstić information content (AvgIpc) is 3.09. The summed E-state index contributed by atoms with van der Waals surface area (Å²) in [6.45, 7) is 1.35. The van der Waals surface area contributed by atoms with Crippen molar-refractivity contribution in [3.8, 4) is 0 Å². The number of aliphatic hydroxyl groups excluding tert-OH is 1. The van der Waals surface area contributed by atoms with Crippen molar-refractivity contribution in [1.29, 1.82) is 0 Å². The average molecular weight is 458 g/mol. The van der Waals surface area contributed by atoms with E-state index in [0.29, 0.717) is 16.9 Å². The topological polar surface area (TPSA) is 143 Å². The van der Waals surface area contributed by atoms with Gasteiger partial charge in [-0.3, -0.25) is 34.4 Å². The summed E-state index contributed by atoms with van der Waals surface area (Å²) in [6.07, 6.45) is 2.99. The van der Waals surface area contributed by atoms with Crippen LogP contribution in [0.3, 0.4) is 0 Å². The number of benzene rings is 2. The third-order valence-corrected chi connectivity index (χ3v) is 5.26. The van der Waals surface area contributed by atoms with Crippen LogP contribution < -0.4 is 10.2 Å². The standard InChI is InChI=1S/C24H18N4O6/c1-14(29)26-17-3-2-4-19(13-17)27-21(15-9-11-25-12-10-15)20(23(31)24(27)32)22(30)16-5-7-18(8-6-16)28(33)34/h2-13,21,30H,1H3,(H,26,29)/b22-20+. The lowest BCUT2D eigenvalue weighted by Gasteiger charge is -2.25. The molecule has 1 saturated heterocycles. The van der Waals surface area contributed by atoms with Crippen molar-refractivity contribution in [3.63, 3.8) is 0 Å². The minimum absolute atomic E-state index is 0.148.